The van der Waals surface area contributed by atoms with Gasteiger partial charge >= 0.3 is 5.97 Å². The Morgan fingerprint density at radius 3 is 2.48 bits per heavy atom. The molecule has 0 unspecified atom stereocenters. The van der Waals surface area contributed by atoms with Gasteiger partial charge in [-0.2, -0.15) is 0 Å². The van der Waals surface area contributed by atoms with Gasteiger partial charge in [-0.15, -0.1) is 0 Å². The summed E-state index contributed by atoms with van der Waals surface area (Å²) in [5, 5.41) is 21.6. The minimum absolute atomic E-state index is 0.129. The number of ether oxygens (including phenoxy) is 1. The lowest BCUT2D eigenvalue weighted by Crippen LogP contribution is -2.59. The molecular weight excluding hydrogens is 340 g/mol. The van der Waals surface area contributed by atoms with E-state index in [1.807, 2.05) is 6.92 Å². The number of fused-ring (bicyclic) bond motifs is 5. The van der Waals surface area contributed by atoms with Crippen LogP contribution in [0.3, 0.4) is 0 Å². The molecule has 0 radical (unpaired) electrons. The van der Waals surface area contributed by atoms with Crippen LogP contribution in [0.4, 0.5) is 0 Å². The van der Waals surface area contributed by atoms with E-state index in [0.29, 0.717) is 23.7 Å². The van der Waals surface area contributed by atoms with Crippen LogP contribution in [0.25, 0.3) is 0 Å². The number of aliphatic hydroxyl groups excluding tert-OH is 2. The molecular formula is C23H38O4. The summed E-state index contributed by atoms with van der Waals surface area (Å²) in [5.41, 5.74) is 0.0860. The summed E-state index contributed by atoms with van der Waals surface area (Å²) in [7, 11) is 1.47. The molecule has 4 saturated carbocycles. The predicted molar refractivity (Wildman–Crippen MR) is 104 cm³/mol. The number of esters is 1. The zero-order chi connectivity index (χ0) is 19.6. The lowest BCUT2D eigenvalue weighted by molar-refractivity contribution is -0.179. The summed E-state index contributed by atoms with van der Waals surface area (Å²) >= 11 is 0. The third-order valence-corrected chi connectivity index (χ3v) is 9.99. The third-order valence-electron chi connectivity index (χ3n) is 9.99. The van der Waals surface area contributed by atoms with E-state index in [4.69, 9.17) is 4.74 Å². The van der Waals surface area contributed by atoms with Crippen LogP contribution in [-0.4, -0.2) is 35.5 Å². The second-order valence-corrected chi connectivity index (χ2v) is 10.7. The first-order chi connectivity index (χ1) is 12.7. The van der Waals surface area contributed by atoms with Crippen LogP contribution in [0.5, 0.6) is 0 Å². The minimum Gasteiger partial charge on any atom is -0.469 e. The predicted octanol–water partition coefficient (Wildman–Crippen LogP) is 3.79. The Morgan fingerprint density at radius 1 is 1.04 bits per heavy atom. The fourth-order valence-electron chi connectivity index (χ4n) is 8.40. The van der Waals surface area contributed by atoms with E-state index in [1.165, 1.54) is 20.0 Å². The maximum absolute atomic E-state index is 12.2. The molecule has 154 valence electrons. The Balaban J connectivity index is 1.62. The van der Waals surface area contributed by atoms with Crippen molar-refractivity contribution < 1.29 is 19.7 Å². The Kier molecular flexibility index (Phi) is 4.91. The van der Waals surface area contributed by atoms with E-state index in [1.54, 1.807) is 0 Å². The molecule has 0 saturated heterocycles. The van der Waals surface area contributed by atoms with Crippen molar-refractivity contribution in [1.82, 2.24) is 0 Å². The van der Waals surface area contributed by atoms with Crippen molar-refractivity contribution in [2.45, 2.75) is 84.3 Å². The summed E-state index contributed by atoms with van der Waals surface area (Å²) < 4.78 is 5.04. The highest BCUT2D eigenvalue weighted by Gasteiger charge is 2.64. The zero-order valence-electron chi connectivity index (χ0n) is 17.5. The van der Waals surface area contributed by atoms with Gasteiger partial charge in [-0.3, -0.25) is 4.79 Å². The number of carbonyl (C=O) groups is 1. The Labute approximate surface area is 164 Å². The maximum atomic E-state index is 12.2. The first kappa shape index (κ1) is 19.7. The SMILES string of the molecule is COC(=O)[C@@H](C)[C@H]1CC[C@H]2[C@@H]3CC[C@H]4C[C@@H](O)CC[C@]4(C)[C@H]3C[C@H](O)[C@]12C. The molecule has 2 N–H and O–H groups in total. The van der Waals surface area contributed by atoms with Crippen LogP contribution in [0, 0.1) is 46.3 Å². The molecule has 10 atom stereocenters. The topological polar surface area (TPSA) is 66.8 Å². The molecule has 0 aliphatic heterocycles. The van der Waals surface area contributed by atoms with Crippen molar-refractivity contribution in [3.8, 4) is 0 Å². The summed E-state index contributed by atoms with van der Waals surface area (Å²) in [6.45, 7) is 6.69. The molecule has 0 bridgehead atoms. The van der Waals surface area contributed by atoms with E-state index in [-0.39, 0.29) is 40.8 Å². The average Bonchev–Trinajstić information content (AvgIpc) is 3.01. The molecule has 0 aromatic carbocycles. The lowest BCUT2D eigenvalue weighted by Gasteiger charge is -2.62. The van der Waals surface area contributed by atoms with Crippen molar-refractivity contribution in [1.29, 1.82) is 0 Å². The van der Waals surface area contributed by atoms with Gasteiger partial charge in [-0.25, -0.2) is 0 Å². The first-order valence-electron chi connectivity index (χ1n) is 11.2. The van der Waals surface area contributed by atoms with Crippen LogP contribution in [-0.2, 0) is 9.53 Å². The van der Waals surface area contributed by atoms with Crippen molar-refractivity contribution in [3.05, 3.63) is 0 Å². The molecule has 0 spiro atoms. The van der Waals surface area contributed by atoms with E-state index < -0.39 is 0 Å². The Hall–Kier alpha value is -0.610. The average molecular weight is 379 g/mol. The maximum Gasteiger partial charge on any atom is 0.308 e. The van der Waals surface area contributed by atoms with E-state index in [0.717, 1.165) is 38.5 Å². The van der Waals surface area contributed by atoms with Gasteiger partial charge < -0.3 is 14.9 Å². The van der Waals surface area contributed by atoms with Crippen molar-refractivity contribution in [3.63, 3.8) is 0 Å². The molecule has 4 aliphatic rings. The van der Waals surface area contributed by atoms with E-state index in [2.05, 4.69) is 13.8 Å². The molecule has 27 heavy (non-hydrogen) atoms. The normalized spacial score (nSPS) is 53.0. The monoisotopic (exact) mass is 378 g/mol. The second-order valence-electron chi connectivity index (χ2n) is 10.7. The molecule has 4 nitrogen and oxygen atoms in total. The summed E-state index contributed by atoms with van der Waals surface area (Å²) in [6, 6.07) is 0. The van der Waals surface area contributed by atoms with Crippen molar-refractivity contribution in [2.75, 3.05) is 7.11 Å². The summed E-state index contributed by atoms with van der Waals surface area (Å²) in [6.07, 6.45) is 7.94. The summed E-state index contributed by atoms with van der Waals surface area (Å²) in [4.78, 5) is 12.2. The van der Waals surface area contributed by atoms with Crippen LogP contribution in [0.1, 0.15) is 72.1 Å². The summed E-state index contributed by atoms with van der Waals surface area (Å²) in [5.74, 6) is 2.26. The van der Waals surface area contributed by atoms with Gasteiger partial charge in [0.15, 0.2) is 0 Å². The van der Waals surface area contributed by atoms with Crippen molar-refractivity contribution in [2.24, 2.45) is 46.3 Å². The highest BCUT2D eigenvalue weighted by molar-refractivity contribution is 5.72. The third kappa shape index (κ3) is 2.73. The molecule has 4 aliphatic carbocycles. The van der Waals surface area contributed by atoms with E-state index in [9.17, 15) is 15.0 Å². The van der Waals surface area contributed by atoms with Crippen LogP contribution >= 0.6 is 0 Å². The van der Waals surface area contributed by atoms with Crippen LogP contribution < -0.4 is 0 Å². The van der Waals surface area contributed by atoms with Gasteiger partial charge in [0.25, 0.3) is 0 Å². The number of rotatable bonds is 2. The fraction of sp³-hybridized carbons (Fsp3) is 0.957. The molecule has 0 heterocycles. The quantitative estimate of drug-likeness (QED) is 0.718. The number of aliphatic hydroxyl groups is 2. The van der Waals surface area contributed by atoms with Gasteiger partial charge in [-0.1, -0.05) is 20.8 Å². The number of hydrogen-bond acceptors (Lipinski definition) is 4. The molecule has 4 rings (SSSR count). The molecule has 4 fully saturated rings. The van der Waals surface area contributed by atoms with Gasteiger partial charge in [0.1, 0.15) is 0 Å². The van der Waals surface area contributed by atoms with Gasteiger partial charge in [-0.05, 0) is 86.4 Å². The van der Waals surface area contributed by atoms with Gasteiger partial charge in [0, 0.05) is 5.41 Å². The highest BCUT2D eigenvalue weighted by Crippen LogP contribution is 2.68. The lowest BCUT2D eigenvalue weighted by atomic mass is 9.43. The Morgan fingerprint density at radius 2 is 1.78 bits per heavy atom. The fourth-order valence-corrected chi connectivity index (χ4v) is 8.40. The van der Waals surface area contributed by atoms with Gasteiger partial charge in [0.05, 0.1) is 25.2 Å². The first-order valence-corrected chi connectivity index (χ1v) is 11.2. The number of carbonyl (C=O) groups excluding carboxylic acids is 1. The van der Waals surface area contributed by atoms with Crippen LogP contribution in [0.2, 0.25) is 0 Å². The largest absolute Gasteiger partial charge is 0.469 e. The standard InChI is InChI=1S/C23H38O4/c1-13(21(26)27-4)17-7-8-18-16-6-5-14-11-15(24)9-10-22(14,2)19(16)12-20(25)23(17,18)3/h13-20,24-25H,5-12H2,1-4H3/t13-,14-,15-,16-,17+,18-,19-,20-,22-,23+/m0/s1. The number of methoxy groups -OCH3 is 1. The second kappa shape index (κ2) is 6.73. The van der Waals surface area contributed by atoms with Gasteiger partial charge in [0.2, 0.25) is 0 Å². The molecule has 4 heteroatoms. The Bertz CT molecular complexity index is 591. The highest BCUT2D eigenvalue weighted by atomic mass is 16.5. The van der Waals surface area contributed by atoms with E-state index >= 15 is 0 Å². The zero-order valence-corrected chi connectivity index (χ0v) is 17.5. The number of hydrogen-bond donors (Lipinski definition) is 2. The van der Waals surface area contributed by atoms with Crippen LogP contribution in [0.15, 0.2) is 0 Å². The smallest absolute Gasteiger partial charge is 0.308 e. The minimum atomic E-state index is -0.342. The molecule has 0 aromatic rings. The molecule has 0 aromatic heterocycles. The molecule has 0 amide bonds. The van der Waals surface area contributed by atoms with Crippen molar-refractivity contribution >= 4 is 5.97 Å².